The highest BCUT2D eigenvalue weighted by Crippen LogP contribution is 2.17. The van der Waals surface area contributed by atoms with Crippen LogP contribution in [0.4, 0.5) is 4.79 Å². The van der Waals surface area contributed by atoms with Crippen LogP contribution in [-0.2, 0) is 9.47 Å². The summed E-state index contributed by atoms with van der Waals surface area (Å²) in [5, 5.41) is 6.30. The number of hydrogen-bond donors (Lipinski definition) is 2. The summed E-state index contributed by atoms with van der Waals surface area (Å²) >= 11 is 0. The molecule has 8 heteroatoms. The Morgan fingerprint density at radius 1 is 1.31 bits per heavy atom. The molecule has 0 aliphatic carbocycles. The normalized spacial score (nSPS) is 18.0. The van der Waals surface area contributed by atoms with Gasteiger partial charge in [0.1, 0.15) is 11.7 Å². The number of nitrogens with zero attached hydrogens (tertiary/aromatic N) is 2. The maximum absolute atomic E-state index is 12.0. The zero-order chi connectivity index (χ0) is 20.6. The number of halogens is 1. The first-order chi connectivity index (χ1) is 13.3. The van der Waals surface area contributed by atoms with E-state index in [1.807, 2.05) is 58.0 Å². The molecule has 2 atom stereocenters. The molecule has 1 saturated heterocycles. The molecule has 1 aliphatic heterocycles. The Morgan fingerprint density at radius 3 is 2.59 bits per heavy atom. The molecule has 2 N–H and O–H groups in total. The van der Waals surface area contributed by atoms with E-state index in [9.17, 15) is 4.79 Å². The molecular weight excluding hydrogens is 483 g/mol. The van der Waals surface area contributed by atoms with Crippen LogP contribution in [0, 0.1) is 0 Å². The summed E-state index contributed by atoms with van der Waals surface area (Å²) in [4.78, 5) is 19.0. The van der Waals surface area contributed by atoms with Crippen LogP contribution < -0.4 is 10.6 Å². The number of rotatable bonds is 6. The molecule has 164 valence electrons. The van der Waals surface area contributed by atoms with Crippen molar-refractivity contribution in [1.82, 2.24) is 15.5 Å². The second-order valence-corrected chi connectivity index (χ2v) is 7.91. The molecule has 1 fully saturated rings. The second kappa shape index (κ2) is 12.2. The highest BCUT2D eigenvalue weighted by Gasteiger charge is 2.28. The van der Waals surface area contributed by atoms with Crippen molar-refractivity contribution in [3.05, 3.63) is 35.9 Å². The van der Waals surface area contributed by atoms with Crippen LogP contribution >= 0.6 is 24.0 Å². The molecule has 0 spiro atoms. The number of likely N-dealkylation sites (tertiary alicyclic amines) is 1. The smallest absolute Gasteiger partial charge is 0.407 e. The molecule has 29 heavy (non-hydrogen) atoms. The molecule has 1 amide bonds. The Hall–Kier alpha value is -1.55. The monoisotopic (exact) mass is 518 g/mol. The first kappa shape index (κ1) is 25.5. The molecule has 0 radical (unpaired) electrons. The minimum absolute atomic E-state index is 0. The van der Waals surface area contributed by atoms with E-state index in [0.717, 1.165) is 31.0 Å². The zero-order valence-corrected chi connectivity index (χ0v) is 20.4. The van der Waals surface area contributed by atoms with Gasteiger partial charge in [0.2, 0.25) is 0 Å². The van der Waals surface area contributed by atoms with Gasteiger partial charge in [-0.2, -0.15) is 0 Å². The molecule has 7 nitrogen and oxygen atoms in total. The topological polar surface area (TPSA) is 75.2 Å². The van der Waals surface area contributed by atoms with Crippen molar-refractivity contribution in [3.63, 3.8) is 0 Å². The lowest BCUT2D eigenvalue weighted by Gasteiger charge is -2.24. The van der Waals surface area contributed by atoms with Gasteiger partial charge < -0.3 is 25.0 Å². The Labute approximate surface area is 191 Å². The van der Waals surface area contributed by atoms with E-state index < -0.39 is 5.60 Å². The van der Waals surface area contributed by atoms with Crippen LogP contribution in [-0.4, -0.2) is 61.9 Å². The Balaban J connectivity index is 0.00000420. The molecule has 1 aliphatic rings. The van der Waals surface area contributed by atoms with Gasteiger partial charge in [-0.25, -0.2) is 4.79 Å². The van der Waals surface area contributed by atoms with Gasteiger partial charge in [-0.15, -0.1) is 24.0 Å². The van der Waals surface area contributed by atoms with Crippen LogP contribution in [0.5, 0.6) is 0 Å². The van der Waals surface area contributed by atoms with E-state index in [4.69, 9.17) is 14.5 Å². The van der Waals surface area contributed by atoms with E-state index in [-0.39, 0.29) is 42.2 Å². The average molecular weight is 518 g/mol. The number of guanidine groups is 1. The molecule has 0 bridgehead atoms. The number of hydrogen-bond acceptors (Lipinski definition) is 4. The van der Waals surface area contributed by atoms with E-state index in [1.165, 1.54) is 0 Å². The molecular formula is C21H35IN4O3. The van der Waals surface area contributed by atoms with Crippen LogP contribution in [0.25, 0.3) is 0 Å². The fraction of sp³-hybridized carbons (Fsp3) is 0.619. The number of alkyl carbamates (subject to hydrolysis) is 1. The predicted octanol–water partition coefficient (Wildman–Crippen LogP) is 3.56. The SMILES string of the molecule is CCNC(=NCC(OC)c1ccccc1)N1CCC(NC(=O)OC(C)(C)C)C1.I. The number of nitrogens with one attached hydrogen (secondary N) is 2. The van der Waals surface area contributed by atoms with Crippen molar-refractivity contribution in [2.75, 3.05) is 33.3 Å². The molecule has 2 unspecified atom stereocenters. The van der Waals surface area contributed by atoms with E-state index in [1.54, 1.807) is 7.11 Å². The van der Waals surface area contributed by atoms with Gasteiger partial charge >= 0.3 is 6.09 Å². The van der Waals surface area contributed by atoms with Crippen LogP contribution in [0.2, 0.25) is 0 Å². The average Bonchev–Trinajstić information content (AvgIpc) is 3.08. The van der Waals surface area contributed by atoms with Crippen molar-refractivity contribution in [1.29, 1.82) is 0 Å². The van der Waals surface area contributed by atoms with Crippen LogP contribution in [0.1, 0.15) is 45.8 Å². The third-order valence-electron chi connectivity index (χ3n) is 4.41. The lowest BCUT2D eigenvalue weighted by molar-refractivity contribution is 0.0507. The predicted molar refractivity (Wildman–Crippen MR) is 127 cm³/mol. The van der Waals surface area contributed by atoms with Gasteiger partial charge in [0.25, 0.3) is 0 Å². The largest absolute Gasteiger partial charge is 0.444 e. The van der Waals surface area contributed by atoms with E-state index >= 15 is 0 Å². The number of methoxy groups -OCH3 is 1. The molecule has 2 rings (SSSR count). The van der Waals surface area contributed by atoms with Gasteiger partial charge in [0.15, 0.2) is 5.96 Å². The maximum Gasteiger partial charge on any atom is 0.407 e. The second-order valence-electron chi connectivity index (χ2n) is 7.91. The number of ether oxygens (including phenoxy) is 2. The third kappa shape index (κ3) is 8.77. The summed E-state index contributed by atoms with van der Waals surface area (Å²) in [6.07, 6.45) is 0.397. The quantitative estimate of drug-likeness (QED) is 0.342. The van der Waals surface area contributed by atoms with Crippen LogP contribution in [0.15, 0.2) is 35.3 Å². The molecule has 0 aromatic heterocycles. The highest BCUT2D eigenvalue weighted by molar-refractivity contribution is 14.0. The van der Waals surface area contributed by atoms with Crippen molar-refractivity contribution in [2.45, 2.75) is 51.9 Å². The number of amides is 1. The minimum atomic E-state index is -0.495. The standard InChI is InChI=1S/C21H34N4O3.HI/c1-6-22-19(23-14-18(27-5)16-10-8-7-9-11-16)25-13-12-17(15-25)24-20(26)28-21(2,3)4;/h7-11,17-18H,6,12-15H2,1-5H3,(H,22,23)(H,24,26);1H. The van der Waals surface area contributed by atoms with Crippen molar-refractivity contribution < 1.29 is 14.3 Å². The lowest BCUT2D eigenvalue weighted by Crippen LogP contribution is -2.44. The Kier molecular flexibility index (Phi) is 10.7. The summed E-state index contributed by atoms with van der Waals surface area (Å²) in [6.45, 7) is 10.5. The number of aliphatic imine (C=N–C) groups is 1. The zero-order valence-electron chi connectivity index (χ0n) is 18.1. The summed E-state index contributed by atoms with van der Waals surface area (Å²) in [7, 11) is 1.71. The van der Waals surface area contributed by atoms with Crippen molar-refractivity contribution >= 4 is 36.0 Å². The summed E-state index contributed by atoms with van der Waals surface area (Å²) in [6, 6.07) is 10.1. The van der Waals surface area contributed by atoms with Gasteiger partial charge in [0.05, 0.1) is 12.6 Å². The summed E-state index contributed by atoms with van der Waals surface area (Å²) < 4.78 is 11.0. The maximum atomic E-state index is 12.0. The Morgan fingerprint density at radius 2 is 2.00 bits per heavy atom. The van der Waals surface area contributed by atoms with E-state index in [2.05, 4.69) is 15.5 Å². The number of benzene rings is 1. The number of carbonyl (C=O) groups is 1. The van der Waals surface area contributed by atoms with Crippen LogP contribution in [0.3, 0.4) is 0 Å². The number of carbonyl (C=O) groups excluding carboxylic acids is 1. The van der Waals surface area contributed by atoms with Crippen molar-refractivity contribution in [3.8, 4) is 0 Å². The lowest BCUT2D eigenvalue weighted by atomic mass is 10.1. The first-order valence-corrected chi connectivity index (χ1v) is 9.93. The molecule has 1 aromatic rings. The molecule has 1 heterocycles. The van der Waals surface area contributed by atoms with E-state index in [0.29, 0.717) is 13.1 Å². The summed E-state index contributed by atoms with van der Waals surface area (Å²) in [5.41, 5.74) is 0.612. The minimum Gasteiger partial charge on any atom is -0.444 e. The van der Waals surface area contributed by atoms with Gasteiger partial charge in [-0.1, -0.05) is 30.3 Å². The van der Waals surface area contributed by atoms with Gasteiger partial charge in [0, 0.05) is 26.7 Å². The Bertz CT molecular complexity index is 649. The fourth-order valence-electron chi connectivity index (χ4n) is 3.12. The first-order valence-electron chi connectivity index (χ1n) is 9.93. The molecule has 1 aromatic carbocycles. The van der Waals surface area contributed by atoms with Gasteiger partial charge in [-0.3, -0.25) is 4.99 Å². The highest BCUT2D eigenvalue weighted by atomic mass is 127. The van der Waals surface area contributed by atoms with Crippen molar-refractivity contribution in [2.24, 2.45) is 4.99 Å². The third-order valence-corrected chi connectivity index (χ3v) is 4.41. The molecule has 0 saturated carbocycles. The summed E-state index contributed by atoms with van der Waals surface area (Å²) in [5.74, 6) is 0.842. The van der Waals surface area contributed by atoms with Gasteiger partial charge in [-0.05, 0) is 39.7 Å². The fourth-order valence-corrected chi connectivity index (χ4v) is 3.12.